The first-order chi connectivity index (χ1) is 10.3. The highest BCUT2D eigenvalue weighted by Crippen LogP contribution is 2.27. The van der Waals surface area contributed by atoms with Crippen LogP contribution in [0.4, 0.5) is 11.8 Å². The Morgan fingerprint density at radius 3 is 2.29 bits per heavy atom. The minimum atomic E-state index is 0.586. The average Bonchev–Trinajstić information content (AvgIpc) is 2.80. The molecule has 3 rings (SSSR count). The molecule has 0 bridgehead atoms. The lowest BCUT2D eigenvalue weighted by molar-refractivity contribution is 0.726. The molecular weight excluding hydrogens is 260 g/mol. The fourth-order valence-corrected chi connectivity index (χ4v) is 2.81. The highest BCUT2D eigenvalue weighted by Gasteiger charge is 2.16. The van der Waals surface area contributed by atoms with E-state index in [0.717, 1.165) is 35.9 Å². The third kappa shape index (κ3) is 2.99. The molecule has 1 aliphatic rings. The van der Waals surface area contributed by atoms with Crippen molar-refractivity contribution in [2.24, 2.45) is 0 Å². The van der Waals surface area contributed by atoms with Crippen LogP contribution in [-0.4, -0.2) is 23.1 Å². The van der Waals surface area contributed by atoms with Crippen LogP contribution in [0.1, 0.15) is 31.2 Å². The molecule has 0 radical (unpaired) electrons. The van der Waals surface area contributed by atoms with Crippen LogP contribution in [0.25, 0.3) is 11.3 Å². The maximum Gasteiger partial charge on any atom is 0.227 e. The first-order valence-electron chi connectivity index (χ1n) is 7.70. The number of anilines is 2. The normalized spacial score (nSPS) is 15.8. The monoisotopic (exact) mass is 282 g/mol. The lowest BCUT2D eigenvalue weighted by atomic mass is 10.1. The van der Waals surface area contributed by atoms with E-state index >= 15 is 0 Å². The van der Waals surface area contributed by atoms with E-state index < -0.39 is 0 Å². The van der Waals surface area contributed by atoms with E-state index in [4.69, 9.17) is 10.7 Å². The van der Waals surface area contributed by atoms with Crippen LogP contribution in [0.3, 0.4) is 0 Å². The van der Waals surface area contributed by atoms with Crippen LogP contribution < -0.4 is 10.6 Å². The van der Waals surface area contributed by atoms with E-state index in [1.54, 1.807) is 0 Å². The molecule has 1 saturated heterocycles. The summed E-state index contributed by atoms with van der Waals surface area (Å²) in [6.45, 7) is 4.04. The van der Waals surface area contributed by atoms with Gasteiger partial charge in [0, 0.05) is 24.2 Å². The van der Waals surface area contributed by atoms with Crippen LogP contribution in [0.15, 0.2) is 30.3 Å². The van der Waals surface area contributed by atoms with Gasteiger partial charge in [0.15, 0.2) is 0 Å². The maximum atomic E-state index is 6.13. The Bertz CT molecular complexity index is 602. The molecule has 110 valence electrons. The largest absolute Gasteiger partial charge is 0.383 e. The number of hydrogen-bond acceptors (Lipinski definition) is 4. The lowest BCUT2D eigenvalue weighted by Gasteiger charge is -2.22. The maximum absolute atomic E-state index is 6.13. The number of rotatable bonds is 2. The van der Waals surface area contributed by atoms with Gasteiger partial charge >= 0.3 is 0 Å². The summed E-state index contributed by atoms with van der Waals surface area (Å²) in [5.41, 5.74) is 9.13. The van der Waals surface area contributed by atoms with E-state index in [2.05, 4.69) is 22.0 Å². The van der Waals surface area contributed by atoms with Crippen molar-refractivity contribution in [3.05, 3.63) is 35.9 Å². The van der Waals surface area contributed by atoms with Gasteiger partial charge in [-0.05, 0) is 19.8 Å². The Hall–Kier alpha value is -2.10. The third-order valence-corrected chi connectivity index (χ3v) is 4.11. The molecule has 0 amide bonds. The van der Waals surface area contributed by atoms with Gasteiger partial charge in [-0.25, -0.2) is 4.98 Å². The number of nitrogen functional groups attached to an aromatic ring is 1. The van der Waals surface area contributed by atoms with Gasteiger partial charge in [0.05, 0.1) is 5.69 Å². The highest BCUT2D eigenvalue weighted by molar-refractivity contribution is 5.69. The van der Waals surface area contributed by atoms with Gasteiger partial charge in [0.1, 0.15) is 5.82 Å². The molecule has 1 aromatic heterocycles. The number of hydrogen-bond donors (Lipinski definition) is 1. The summed E-state index contributed by atoms with van der Waals surface area (Å²) in [7, 11) is 0. The van der Waals surface area contributed by atoms with E-state index in [9.17, 15) is 0 Å². The molecule has 1 aliphatic heterocycles. The molecule has 2 heterocycles. The van der Waals surface area contributed by atoms with Crippen LogP contribution in [0.5, 0.6) is 0 Å². The van der Waals surface area contributed by atoms with Gasteiger partial charge in [0.2, 0.25) is 5.95 Å². The van der Waals surface area contributed by atoms with Crippen LogP contribution in [-0.2, 0) is 0 Å². The number of nitrogens with zero attached hydrogens (tertiary/aromatic N) is 3. The number of benzene rings is 1. The molecule has 21 heavy (non-hydrogen) atoms. The summed E-state index contributed by atoms with van der Waals surface area (Å²) in [6.07, 6.45) is 5.00. The predicted molar refractivity (Wildman–Crippen MR) is 87.3 cm³/mol. The Labute approximate surface area is 126 Å². The summed E-state index contributed by atoms with van der Waals surface area (Å²) < 4.78 is 0. The first kappa shape index (κ1) is 13.9. The zero-order valence-corrected chi connectivity index (χ0v) is 12.5. The van der Waals surface area contributed by atoms with Crippen molar-refractivity contribution in [2.45, 2.75) is 32.6 Å². The molecule has 0 saturated carbocycles. The van der Waals surface area contributed by atoms with E-state index in [1.165, 1.54) is 25.7 Å². The zero-order chi connectivity index (χ0) is 14.7. The van der Waals surface area contributed by atoms with Crippen LogP contribution in [0, 0.1) is 6.92 Å². The van der Waals surface area contributed by atoms with Crippen molar-refractivity contribution in [3.8, 4) is 11.3 Å². The van der Waals surface area contributed by atoms with Gasteiger partial charge < -0.3 is 10.6 Å². The van der Waals surface area contributed by atoms with Gasteiger partial charge in [-0.3, -0.25) is 0 Å². The van der Waals surface area contributed by atoms with Gasteiger partial charge in [-0.1, -0.05) is 43.2 Å². The number of aromatic nitrogens is 2. The quantitative estimate of drug-likeness (QED) is 0.917. The molecule has 2 aromatic rings. The smallest absolute Gasteiger partial charge is 0.227 e. The third-order valence-electron chi connectivity index (χ3n) is 4.11. The Balaban J connectivity index is 2.01. The summed E-state index contributed by atoms with van der Waals surface area (Å²) in [6, 6.07) is 10.2. The fraction of sp³-hybridized carbons (Fsp3) is 0.412. The topological polar surface area (TPSA) is 55.0 Å². The Morgan fingerprint density at radius 1 is 0.952 bits per heavy atom. The van der Waals surface area contributed by atoms with Crippen molar-refractivity contribution in [2.75, 3.05) is 23.7 Å². The Kier molecular flexibility index (Phi) is 4.04. The number of nitrogens with two attached hydrogens (primary N) is 1. The molecule has 4 nitrogen and oxygen atoms in total. The fourth-order valence-electron chi connectivity index (χ4n) is 2.81. The van der Waals surface area contributed by atoms with Crippen LogP contribution >= 0.6 is 0 Å². The minimum absolute atomic E-state index is 0.586. The Morgan fingerprint density at radius 2 is 1.62 bits per heavy atom. The van der Waals surface area contributed by atoms with Gasteiger partial charge in [-0.15, -0.1) is 0 Å². The second-order valence-electron chi connectivity index (χ2n) is 5.65. The van der Waals surface area contributed by atoms with Crippen molar-refractivity contribution in [1.29, 1.82) is 0 Å². The predicted octanol–water partition coefficient (Wildman–Crippen LogP) is 3.41. The molecule has 0 spiro atoms. The lowest BCUT2D eigenvalue weighted by Crippen LogP contribution is -2.26. The SMILES string of the molecule is Cc1c(N)nc(N2CCCCCC2)nc1-c1ccccc1. The molecule has 1 aromatic carbocycles. The summed E-state index contributed by atoms with van der Waals surface area (Å²) in [5, 5.41) is 0. The van der Waals surface area contributed by atoms with Crippen molar-refractivity contribution >= 4 is 11.8 Å². The van der Waals surface area contributed by atoms with Crippen molar-refractivity contribution in [1.82, 2.24) is 9.97 Å². The molecule has 1 fully saturated rings. The van der Waals surface area contributed by atoms with Crippen molar-refractivity contribution in [3.63, 3.8) is 0 Å². The molecular formula is C17H22N4. The standard InChI is InChI=1S/C17H22N4/c1-13-15(14-9-5-4-6-10-14)19-17(20-16(13)18)21-11-7-2-3-8-12-21/h4-6,9-10H,2-3,7-8,11-12H2,1H3,(H2,18,19,20). The molecule has 0 unspecified atom stereocenters. The van der Waals surface area contributed by atoms with E-state index in [-0.39, 0.29) is 0 Å². The molecule has 0 aliphatic carbocycles. The summed E-state index contributed by atoms with van der Waals surface area (Å²) in [5.74, 6) is 1.36. The van der Waals surface area contributed by atoms with Crippen LogP contribution in [0.2, 0.25) is 0 Å². The van der Waals surface area contributed by atoms with Crippen molar-refractivity contribution < 1.29 is 0 Å². The summed E-state index contributed by atoms with van der Waals surface area (Å²) >= 11 is 0. The molecule has 4 heteroatoms. The summed E-state index contributed by atoms with van der Waals surface area (Å²) in [4.78, 5) is 11.6. The van der Waals surface area contributed by atoms with E-state index in [1.807, 2.05) is 25.1 Å². The molecule has 0 atom stereocenters. The molecule has 2 N–H and O–H groups in total. The second-order valence-corrected chi connectivity index (χ2v) is 5.65. The average molecular weight is 282 g/mol. The van der Waals surface area contributed by atoms with Gasteiger partial charge in [0.25, 0.3) is 0 Å². The zero-order valence-electron chi connectivity index (χ0n) is 12.5. The first-order valence-corrected chi connectivity index (χ1v) is 7.70. The minimum Gasteiger partial charge on any atom is -0.383 e. The second kappa shape index (κ2) is 6.12. The van der Waals surface area contributed by atoms with E-state index in [0.29, 0.717) is 5.82 Å². The van der Waals surface area contributed by atoms with Gasteiger partial charge in [-0.2, -0.15) is 4.98 Å². The highest BCUT2D eigenvalue weighted by atomic mass is 15.3.